The molecule has 0 fully saturated rings. The van der Waals surface area contributed by atoms with E-state index in [0.717, 1.165) is 28.9 Å². The molecule has 0 radical (unpaired) electrons. The Morgan fingerprint density at radius 3 is 1.83 bits per heavy atom. The van der Waals surface area contributed by atoms with Gasteiger partial charge in [-0.3, -0.25) is 0 Å². The van der Waals surface area contributed by atoms with Crippen molar-refractivity contribution in [2.75, 3.05) is 5.75 Å². The van der Waals surface area contributed by atoms with E-state index in [1.807, 2.05) is 60.6 Å². The molecule has 0 atom stereocenters. The Kier molecular flexibility index (Phi) is 13.1. The Bertz CT molecular complexity index is 1330. The number of aromatic nitrogens is 2. The Labute approximate surface area is 256 Å². The SMILES string of the molecule is CCCCCCCCCc1cnc(-c2ccc(OC(=O)c3ccc(-c4ccc(SCCCCC)cc4)cc3)cc2)nc1. The van der Waals surface area contributed by atoms with E-state index < -0.39 is 0 Å². The van der Waals surface area contributed by atoms with E-state index in [2.05, 4.69) is 48.1 Å². The topological polar surface area (TPSA) is 52.1 Å². The summed E-state index contributed by atoms with van der Waals surface area (Å²) in [4.78, 5) is 23.2. The Hall–Kier alpha value is -3.44. The molecule has 3 aromatic carbocycles. The van der Waals surface area contributed by atoms with E-state index in [-0.39, 0.29) is 5.97 Å². The second-order valence-corrected chi connectivity index (χ2v) is 12.0. The summed E-state index contributed by atoms with van der Waals surface area (Å²) in [5.41, 5.74) is 4.80. The highest BCUT2D eigenvalue weighted by atomic mass is 32.2. The zero-order valence-electron chi connectivity index (χ0n) is 25.2. The second kappa shape index (κ2) is 17.5. The summed E-state index contributed by atoms with van der Waals surface area (Å²) >= 11 is 1.91. The van der Waals surface area contributed by atoms with Crippen LogP contribution in [0.1, 0.15) is 94.0 Å². The van der Waals surface area contributed by atoms with Crippen molar-refractivity contribution in [2.45, 2.75) is 89.4 Å². The van der Waals surface area contributed by atoms with Gasteiger partial charge in [0.1, 0.15) is 5.75 Å². The average Bonchev–Trinajstić information content (AvgIpc) is 3.04. The second-order valence-electron chi connectivity index (χ2n) is 10.9. The first-order valence-electron chi connectivity index (χ1n) is 15.6. The number of ether oxygens (including phenoxy) is 1. The van der Waals surface area contributed by atoms with Crippen molar-refractivity contribution in [1.29, 1.82) is 0 Å². The molecule has 0 saturated heterocycles. The molecule has 0 saturated carbocycles. The van der Waals surface area contributed by atoms with Gasteiger partial charge in [-0.15, -0.1) is 11.8 Å². The summed E-state index contributed by atoms with van der Waals surface area (Å²) in [7, 11) is 0. The van der Waals surface area contributed by atoms with Crippen LogP contribution in [0, 0.1) is 0 Å². The van der Waals surface area contributed by atoms with Crippen molar-refractivity contribution in [1.82, 2.24) is 9.97 Å². The molecule has 0 unspecified atom stereocenters. The van der Waals surface area contributed by atoms with Gasteiger partial charge in [-0.2, -0.15) is 0 Å². The molecule has 0 spiro atoms. The van der Waals surface area contributed by atoms with Crippen molar-refractivity contribution in [2.24, 2.45) is 0 Å². The molecular formula is C37H44N2O2S. The lowest BCUT2D eigenvalue weighted by Gasteiger charge is -2.08. The highest BCUT2D eigenvalue weighted by molar-refractivity contribution is 7.99. The summed E-state index contributed by atoms with van der Waals surface area (Å²) in [5, 5.41) is 0. The van der Waals surface area contributed by atoms with Crippen LogP contribution in [0.5, 0.6) is 5.75 Å². The number of carbonyl (C=O) groups excluding carboxylic acids is 1. The molecule has 0 aliphatic heterocycles. The lowest BCUT2D eigenvalue weighted by atomic mass is 10.0. The summed E-state index contributed by atoms with van der Waals surface area (Å²) in [6.45, 7) is 4.48. The molecule has 4 rings (SSSR count). The third-order valence-electron chi connectivity index (χ3n) is 7.42. The Balaban J connectivity index is 1.24. The number of aryl methyl sites for hydroxylation is 1. The molecule has 4 aromatic rings. The summed E-state index contributed by atoms with van der Waals surface area (Å²) in [6.07, 6.45) is 17.8. The maximum atomic E-state index is 12.8. The highest BCUT2D eigenvalue weighted by Crippen LogP contribution is 2.26. The zero-order valence-corrected chi connectivity index (χ0v) is 26.0. The number of thioether (sulfide) groups is 1. The number of rotatable bonds is 17. The van der Waals surface area contributed by atoms with Crippen LogP contribution in [0.2, 0.25) is 0 Å². The number of unbranched alkanes of at least 4 members (excludes halogenated alkanes) is 8. The normalized spacial score (nSPS) is 11.0. The molecule has 0 aliphatic rings. The number of esters is 1. The molecule has 5 heteroatoms. The number of hydrogen-bond acceptors (Lipinski definition) is 5. The first-order chi connectivity index (χ1) is 20.7. The van der Waals surface area contributed by atoms with Crippen LogP contribution in [-0.2, 0) is 6.42 Å². The fourth-order valence-corrected chi connectivity index (χ4v) is 5.75. The molecule has 0 aliphatic carbocycles. The fourth-order valence-electron chi connectivity index (χ4n) is 4.84. The van der Waals surface area contributed by atoms with E-state index in [1.165, 1.54) is 74.7 Å². The summed E-state index contributed by atoms with van der Waals surface area (Å²) in [6, 6.07) is 23.6. The van der Waals surface area contributed by atoms with Crippen LogP contribution in [0.25, 0.3) is 22.5 Å². The van der Waals surface area contributed by atoms with Crippen molar-refractivity contribution >= 4 is 17.7 Å². The van der Waals surface area contributed by atoms with Crippen LogP contribution in [-0.4, -0.2) is 21.7 Å². The number of benzene rings is 3. The molecule has 0 N–H and O–H groups in total. The van der Waals surface area contributed by atoms with Crippen LogP contribution in [0.3, 0.4) is 0 Å². The van der Waals surface area contributed by atoms with Gasteiger partial charge in [0.25, 0.3) is 0 Å². The Morgan fingerprint density at radius 2 is 1.19 bits per heavy atom. The molecule has 0 amide bonds. The van der Waals surface area contributed by atoms with Crippen LogP contribution in [0.15, 0.2) is 90.1 Å². The van der Waals surface area contributed by atoms with E-state index >= 15 is 0 Å². The molecule has 1 aromatic heterocycles. The van der Waals surface area contributed by atoms with Gasteiger partial charge in [-0.25, -0.2) is 14.8 Å². The fraction of sp³-hybridized carbons (Fsp3) is 0.378. The largest absolute Gasteiger partial charge is 0.423 e. The van der Waals surface area contributed by atoms with Crippen LogP contribution in [0.4, 0.5) is 0 Å². The smallest absolute Gasteiger partial charge is 0.343 e. The highest BCUT2D eigenvalue weighted by Gasteiger charge is 2.10. The van der Waals surface area contributed by atoms with Crippen molar-refractivity contribution in [3.05, 3.63) is 96.3 Å². The number of carbonyl (C=O) groups is 1. The minimum Gasteiger partial charge on any atom is -0.423 e. The zero-order chi connectivity index (χ0) is 29.4. The average molecular weight is 581 g/mol. The lowest BCUT2D eigenvalue weighted by Crippen LogP contribution is -2.08. The molecule has 0 bridgehead atoms. The van der Waals surface area contributed by atoms with Crippen molar-refractivity contribution < 1.29 is 9.53 Å². The molecular weight excluding hydrogens is 536 g/mol. The summed E-state index contributed by atoms with van der Waals surface area (Å²) in [5.74, 6) is 1.96. The lowest BCUT2D eigenvalue weighted by molar-refractivity contribution is 0.0735. The standard InChI is InChI=1S/C37H44N2O2S/c1-3-5-7-8-9-10-11-13-29-27-38-36(39-28-29)32-18-22-34(23-19-32)41-37(40)33-16-14-30(15-17-33)31-20-24-35(25-21-31)42-26-12-6-4-2/h14-25,27-28H,3-13,26H2,1-2H3. The van der Waals surface area contributed by atoms with Gasteiger partial charge in [-0.1, -0.05) is 89.5 Å². The third-order valence-corrected chi connectivity index (χ3v) is 8.52. The van der Waals surface area contributed by atoms with Gasteiger partial charge in [-0.05, 0) is 90.2 Å². The third kappa shape index (κ3) is 10.1. The van der Waals surface area contributed by atoms with Crippen LogP contribution >= 0.6 is 11.8 Å². The van der Waals surface area contributed by atoms with Crippen molar-refractivity contribution in [3.8, 4) is 28.3 Å². The first-order valence-corrected chi connectivity index (χ1v) is 16.6. The number of hydrogen-bond donors (Lipinski definition) is 0. The maximum absolute atomic E-state index is 12.8. The van der Waals surface area contributed by atoms with Gasteiger partial charge >= 0.3 is 5.97 Å². The first kappa shape index (κ1) is 31.5. The van der Waals surface area contributed by atoms with Gasteiger partial charge < -0.3 is 4.74 Å². The predicted octanol–water partition coefficient (Wildman–Crippen LogP) is 10.6. The quantitative estimate of drug-likeness (QED) is 0.0538. The van der Waals surface area contributed by atoms with Gasteiger partial charge in [0.15, 0.2) is 5.82 Å². The minimum atomic E-state index is -0.376. The van der Waals surface area contributed by atoms with E-state index in [1.54, 1.807) is 12.1 Å². The molecule has 1 heterocycles. The molecule has 220 valence electrons. The van der Waals surface area contributed by atoms with Crippen LogP contribution < -0.4 is 4.74 Å². The maximum Gasteiger partial charge on any atom is 0.343 e. The van der Waals surface area contributed by atoms with Gasteiger partial charge in [0.2, 0.25) is 0 Å². The summed E-state index contributed by atoms with van der Waals surface area (Å²) < 4.78 is 5.63. The van der Waals surface area contributed by atoms with E-state index in [9.17, 15) is 4.79 Å². The van der Waals surface area contributed by atoms with Gasteiger partial charge in [0.05, 0.1) is 5.56 Å². The van der Waals surface area contributed by atoms with Crippen molar-refractivity contribution in [3.63, 3.8) is 0 Å². The minimum absolute atomic E-state index is 0.376. The molecule has 42 heavy (non-hydrogen) atoms. The monoisotopic (exact) mass is 580 g/mol. The van der Waals surface area contributed by atoms with E-state index in [4.69, 9.17) is 4.74 Å². The Morgan fingerprint density at radius 1 is 0.643 bits per heavy atom. The number of nitrogens with zero attached hydrogens (tertiary/aromatic N) is 2. The van der Waals surface area contributed by atoms with Gasteiger partial charge in [0, 0.05) is 22.9 Å². The van der Waals surface area contributed by atoms with E-state index in [0.29, 0.717) is 17.1 Å². The predicted molar refractivity (Wildman–Crippen MR) is 176 cm³/mol. The molecule has 4 nitrogen and oxygen atoms in total.